The average molecular weight is 867 g/mol. The van der Waals surface area contributed by atoms with Crippen LogP contribution in [0.3, 0.4) is 0 Å². The molecule has 60 heavy (non-hydrogen) atoms. The maximum atomic E-state index is 12.0. The second kappa shape index (κ2) is 17.3. The fourth-order valence-electron chi connectivity index (χ4n) is 11.7. The lowest BCUT2D eigenvalue weighted by Crippen LogP contribution is -2.63. The van der Waals surface area contributed by atoms with Crippen LogP contribution in [0.2, 0.25) is 0 Å². The summed E-state index contributed by atoms with van der Waals surface area (Å²) < 4.78 is 69.6. The Morgan fingerprint density at radius 1 is 0.867 bits per heavy atom. The Bertz CT molecular complexity index is 1600. The second-order valence-corrected chi connectivity index (χ2v) is 20.3. The van der Waals surface area contributed by atoms with E-state index in [1.54, 1.807) is 0 Å². The number of esters is 1. The van der Waals surface area contributed by atoms with Gasteiger partial charge in [-0.05, 0) is 75.9 Å². The highest BCUT2D eigenvalue weighted by molar-refractivity contribution is 6.20. The summed E-state index contributed by atoms with van der Waals surface area (Å²) in [6.07, 6.45) is 1.83. The maximum absolute atomic E-state index is 12.0. The van der Waals surface area contributed by atoms with Gasteiger partial charge in [0.2, 0.25) is 0 Å². The number of alkyl halides is 1. The summed E-state index contributed by atoms with van der Waals surface area (Å²) in [4.78, 5) is 12.0. The van der Waals surface area contributed by atoms with Gasteiger partial charge in [0.1, 0.15) is 36.6 Å². The predicted molar refractivity (Wildman–Crippen MR) is 215 cm³/mol. The van der Waals surface area contributed by atoms with E-state index in [4.69, 9.17) is 63.7 Å². The number of rotatable bonds is 13. The molecule has 2 N–H and O–H groups in total. The molecular weight excluding hydrogens is 800 g/mol. The van der Waals surface area contributed by atoms with E-state index >= 15 is 0 Å². The Morgan fingerprint density at radius 3 is 2.42 bits per heavy atom. The van der Waals surface area contributed by atoms with Crippen LogP contribution in [0.1, 0.15) is 105 Å². The van der Waals surface area contributed by atoms with Crippen LogP contribution in [-0.4, -0.2) is 151 Å². The van der Waals surface area contributed by atoms with Crippen molar-refractivity contribution >= 4 is 17.6 Å². The van der Waals surface area contributed by atoms with Gasteiger partial charge in [0.25, 0.3) is 0 Å². The van der Waals surface area contributed by atoms with Crippen molar-refractivity contribution in [1.82, 2.24) is 0 Å². The van der Waals surface area contributed by atoms with Crippen LogP contribution in [0.4, 0.5) is 0 Å². The van der Waals surface area contributed by atoms with E-state index in [-0.39, 0.29) is 115 Å². The number of carbonyl (C=O) groups is 1. The molecule has 3 unspecified atom stereocenters. The molecule has 0 aromatic heterocycles. The molecule has 21 atom stereocenters. The number of hydrogen-bond acceptors (Lipinski definition) is 14. The SMILES string of the molecule is C=C(C[C@H](Cl)CC[C@@]12C[C@H]3OC4C(O1)[C@H]1O[C@@H](CC(=O)OC)CC[C@@H]1O[C@H]4C3O2)[C@@H](O)CC[C@H]1C[C@@H](C)C(=C)[C@@H](C[C@@H]2O[C@H]3C[C@H]4OC(C)(C)OC[C@H]4O[C@H]3[C@H](C)[C@H]2O)O1. The summed E-state index contributed by atoms with van der Waals surface area (Å²) in [7, 11) is 1.39. The molecule has 15 heteroatoms. The number of ether oxygens (including phenoxy) is 11. The van der Waals surface area contributed by atoms with Crippen LogP contribution >= 0.6 is 11.6 Å². The zero-order chi connectivity index (χ0) is 42.2. The molecule has 10 rings (SSSR count). The van der Waals surface area contributed by atoms with Crippen molar-refractivity contribution in [3.8, 4) is 0 Å². The van der Waals surface area contributed by atoms with Gasteiger partial charge in [0.05, 0.1) is 87.3 Å². The summed E-state index contributed by atoms with van der Waals surface area (Å²) in [6, 6.07) is 0. The Balaban J connectivity index is 0.748. The molecule has 0 radical (unpaired) electrons. The van der Waals surface area contributed by atoms with Crippen LogP contribution < -0.4 is 0 Å². The quantitative estimate of drug-likeness (QED) is 0.148. The number of halogens is 1. The molecule has 6 bridgehead atoms. The fourth-order valence-corrected chi connectivity index (χ4v) is 12.0. The summed E-state index contributed by atoms with van der Waals surface area (Å²) in [5.41, 5.74) is 1.69. The van der Waals surface area contributed by atoms with Gasteiger partial charge in [0.15, 0.2) is 11.6 Å². The van der Waals surface area contributed by atoms with E-state index < -0.39 is 29.9 Å². The van der Waals surface area contributed by atoms with Crippen molar-refractivity contribution in [3.63, 3.8) is 0 Å². The van der Waals surface area contributed by atoms with Gasteiger partial charge >= 0.3 is 5.97 Å². The topological polar surface area (TPSA) is 159 Å². The molecule has 0 aromatic carbocycles. The minimum atomic E-state index is -0.884. The monoisotopic (exact) mass is 866 g/mol. The van der Waals surface area contributed by atoms with E-state index in [1.807, 2.05) is 20.8 Å². The second-order valence-electron chi connectivity index (χ2n) is 19.7. The first-order valence-corrected chi connectivity index (χ1v) is 23.1. The van der Waals surface area contributed by atoms with Crippen LogP contribution in [-0.2, 0) is 56.9 Å². The van der Waals surface area contributed by atoms with Crippen molar-refractivity contribution in [2.75, 3.05) is 13.7 Å². The average Bonchev–Trinajstić information content (AvgIpc) is 3.63. The van der Waals surface area contributed by atoms with Crippen molar-refractivity contribution in [3.05, 3.63) is 24.3 Å². The molecule has 10 fully saturated rings. The standard InChI is InChI=1S/C45H67ClO14/c1-21-15-26(52-30(23(21)3)17-32-37(49)24(4)38-33(54-32)18-31-35(57-38)20-51-44(5,6)58-31)8-10-28(47)22(2)14-25(46)12-13-45-19-34-40(59-45)41-42(56-34)43(60-45)39-29(55-41)11-9-27(53-39)16-36(48)50-7/h21,24-35,37-43,47,49H,2-3,8-20H2,1,4-7H3/t21-,24-,25-,26+,27-,28+,29+,30-,31-,32+,33+,34-,35-,37-,38+,39+,40?,41+,42?,43?,45+/m1/s1. The summed E-state index contributed by atoms with van der Waals surface area (Å²) >= 11 is 6.97. The van der Waals surface area contributed by atoms with Gasteiger partial charge in [-0.1, -0.05) is 27.0 Å². The highest BCUT2D eigenvalue weighted by atomic mass is 35.5. The third-order valence-electron chi connectivity index (χ3n) is 15.1. The van der Waals surface area contributed by atoms with E-state index in [2.05, 4.69) is 20.1 Å². The number of fused-ring (bicyclic) bond motifs is 3. The lowest BCUT2D eigenvalue weighted by Gasteiger charge is -2.53. The summed E-state index contributed by atoms with van der Waals surface area (Å²) in [5.74, 6) is -1.78. The Labute approximate surface area is 359 Å². The Kier molecular flexibility index (Phi) is 12.7. The molecule has 0 aromatic rings. The molecule has 10 heterocycles. The fraction of sp³-hybridized carbons (Fsp3) is 0.889. The first-order valence-electron chi connectivity index (χ1n) is 22.6. The number of carbonyl (C=O) groups excluding carboxylic acids is 1. The molecule has 0 aliphatic carbocycles. The van der Waals surface area contributed by atoms with Crippen LogP contribution in [0.15, 0.2) is 24.3 Å². The third-order valence-corrected chi connectivity index (χ3v) is 15.4. The Hall–Kier alpha value is -1.24. The molecule has 14 nitrogen and oxygen atoms in total. The maximum Gasteiger partial charge on any atom is 0.308 e. The van der Waals surface area contributed by atoms with Crippen molar-refractivity contribution in [1.29, 1.82) is 0 Å². The summed E-state index contributed by atoms with van der Waals surface area (Å²) in [6.45, 7) is 17.1. The minimum Gasteiger partial charge on any atom is -0.469 e. The zero-order valence-corrected chi connectivity index (χ0v) is 36.6. The number of aliphatic hydroxyl groups excluding tert-OH is 2. The molecule has 10 aliphatic rings. The normalized spacial score (nSPS) is 48.6. The van der Waals surface area contributed by atoms with Gasteiger partial charge in [-0.25, -0.2) is 0 Å². The van der Waals surface area contributed by atoms with Gasteiger partial charge in [-0.15, -0.1) is 11.6 Å². The predicted octanol–water partition coefficient (Wildman–Crippen LogP) is 4.80. The van der Waals surface area contributed by atoms with Gasteiger partial charge in [-0.2, -0.15) is 0 Å². The summed E-state index contributed by atoms with van der Waals surface area (Å²) in [5, 5.41) is 22.5. The molecule has 10 aliphatic heterocycles. The van der Waals surface area contributed by atoms with E-state index in [1.165, 1.54) is 7.11 Å². The van der Waals surface area contributed by atoms with Crippen molar-refractivity contribution < 1.29 is 67.1 Å². The first kappa shape index (κ1) is 44.0. The number of methoxy groups -OCH3 is 1. The van der Waals surface area contributed by atoms with Gasteiger partial charge in [-0.3, -0.25) is 4.79 Å². The van der Waals surface area contributed by atoms with Crippen LogP contribution in [0.25, 0.3) is 0 Å². The largest absolute Gasteiger partial charge is 0.469 e. The smallest absolute Gasteiger partial charge is 0.308 e. The molecule has 0 amide bonds. The highest BCUT2D eigenvalue weighted by Crippen LogP contribution is 2.54. The Morgan fingerprint density at radius 2 is 1.62 bits per heavy atom. The minimum absolute atomic E-state index is 0.0911. The van der Waals surface area contributed by atoms with Gasteiger partial charge < -0.3 is 62.3 Å². The lowest BCUT2D eigenvalue weighted by atomic mass is 9.79. The molecule has 0 saturated carbocycles. The third kappa shape index (κ3) is 8.66. The molecular formula is C45H67ClO14. The lowest BCUT2D eigenvalue weighted by molar-refractivity contribution is -0.355. The molecule has 338 valence electrons. The molecule has 10 saturated heterocycles. The van der Waals surface area contributed by atoms with Crippen molar-refractivity contribution in [2.45, 2.75) is 225 Å². The van der Waals surface area contributed by atoms with E-state index in [0.717, 1.165) is 18.4 Å². The van der Waals surface area contributed by atoms with Crippen molar-refractivity contribution in [2.24, 2.45) is 11.8 Å². The number of aliphatic hydroxyl groups is 2. The van der Waals surface area contributed by atoms with E-state index in [0.29, 0.717) is 70.0 Å². The van der Waals surface area contributed by atoms with Gasteiger partial charge in [0, 0.05) is 37.0 Å². The van der Waals surface area contributed by atoms with Crippen LogP contribution in [0, 0.1) is 11.8 Å². The van der Waals surface area contributed by atoms with E-state index in [9.17, 15) is 15.0 Å². The van der Waals surface area contributed by atoms with Crippen LogP contribution in [0.5, 0.6) is 0 Å². The number of hydrogen-bond donors (Lipinski definition) is 2. The zero-order valence-electron chi connectivity index (χ0n) is 35.8. The first-order chi connectivity index (χ1) is 28.6. The molecule has 0 spiro atoms. The highest BCUT2D eigenvalue weighted by Gasteiger charge is 2.68.